The molecule has 1 aliphatic rings. The predicted molar refractivity (Wildman–Crippen MR) is 63.8 cm³/mol. The molecule has 0 saturated carbocycles. The number of hydrogen-bond donors (Lipinski definition) is 0. The number of rotatable bonds is 3. The fourth-order valence-corrected chi connectivity index (χ4v) is 2.35. The van der Waals surface area contributed by atoms with Crippen molar-refractivity contribution in [1.29, 1.82) is 0 Å². The molecule has 0 aromatic heterocycles. The van der Waals surface area contributed by atoms with Crippen molar-refractivity contribution in [2.24, 2.45) is 5.92 Å². The summed E-state index contributed by atoms with van der Waals surface area (Å²) in [5.41, 5.74) is 1.21. The van der Waals surface area contributed by atoms with E-state index in [0.29, 0.717) is 12.3 Å². The Morgan fingerprint density at radius 1 is 1.33 bits per heavy atom. The number of hydrogen-bond acceptors (Lipinski definition) is 1. The van der Waals surface area contributed by atoms with E-state index in [9.17, 15) is 4.79 Å². The van der Waals surface area contributed by atoms with E-state index < -0.39 is 0 Å². The zero-order valence-corrected chi connectivity index (χ0v) is 10.1. The van der Waals surface area contributed by atoms with Gasteiger partial charge in [-0.05, 0) is 11.5 Å². The summed E-state index contributed by atoms with van der Waals surface area (Å²) >= 11 is 3.44. The Balaban J connectivity index is 1.99. The second-order valence-corrected chi connectivity index (χ2v) is 4.63. The van der Waals surface area contributed by atoms with Gasteiger partial charge in [-0.25, -0.2) is 0 Å². The standard InChI is InChI=1S/C12H14BrNO/c13-7-11-6-12(15)14(9-11)8-10-4-2-1-3-5-10/h1-5,11H,6-9H2/t11-/m1/s1. The lowest BCUT2D eigenvalue weighted by Gasteiger charge is -2.16. The first-order valence-corrected chi connectivity index (χ1v) is 6.29. The minimum atomic E-state index is 0.281. The van der Waals surface area contributed by atoms with Crippen LogP contribution in [-0.2, 0) is 11.3 Å². The Bertz CT molecular complexity index is 339. The first kappa shape index (κ1) is 10.7. The van der Waals surface area contributed by atoms with Crippen LogP contribution in [0.15, 0.2) is 30.3 Å². The molecule has 1 atom stereocenters. The van der Waals surface area contributed by atoms with Gasteiger partial charge < -0.3 is 4.90 Å². The molecule has 1 aromatic carbocycles. The lowest BCUT2D eigenvalue weighted by Crippen LogP contribution is -2.24. The second-order valence-electron chi connectivity index (χ2n) is 3.98. The first-order chi connectivity index (χ1) is 7.29. The van der Waals surface area contributed by atoms with Crippen LogP contribution in [0.25, 0.3) is 0 Å². The Hall–Kier alpha value is -0.830. The van der Waals surface area contributed by atoms with Gasteiger partial charge in [0.25, 0.3) is 0 Å². The Kier molecular flexibility index (Phi) is 3.41. The molecule has 3 heteroatoms. The van der Waals surface area contributed by atoms with Gasteiger partial charge in [0.1, 0.15) is 0 Å². The van der Waals surface area contributed by atoms with Gasteiger partial charge in [-0.3, -0.25) is 4.79 Å². The minimum Gasteiger partial charge on any atom is -0.338 e. The molecular weight excluding hydrogens is 254 g/mol. The molecule has 80 valence electrons. The van der Waals surface area contributed by atoms with E-state index in [1.807, 2.05) is 23.1 Å². The van der Waals surface area contributed by atoms with Gasteiger partial charge in [0.2, 0.25) is 5.91 Å². The highest BCUT2D eigenvalue weighted by atomic mass is 79.9. The molecule has 0 unspecified atom stereocenters. The zero-order chi connectivity index (χ0) is 10.7. The van der Waals surface area contributed by atoms with Crippen molar-refractivity contribution in [3.8, 4) is 0 Å². The third-order valence-corrected chi connectivity index (χ3v) is 3.64. The summed E-state index contributed by atoms with van der Waals surface area (Å²) in [6, 6.07) is 10.1. The summed E-state index contributed by atoms with van der Waals surface area (Å²) in [7, 11) is 0. The Morgan fingerprint density at radius 3 is 2.67 bits per heavy atom. The van der Waals surface area contributed by atoms with Crippen LogP contribution < -0.4 is 0 Å². The van der Waals surface area contributed by atoms with Gasteiger partial charge in [0.05, 0.1) is 0 Å². The summed E-state index contributed by atoms with van der Waals surface area (Å²) in [4.78, 5) is 13.6. The number of alkyl halides is 1. The quantitative estimate of drug-likeness (QED) is 0.771. The maximum absolute atomic E-state index is 11.7. The van der Waals surface area contributed by atoms with E-state index in [0.717, 1.165) is 18.4 Å². The molecule has 0 N–H and O–H groups in total. The predicted octanol–water partition coefficient (Wildman–Crippen LogP) is 2.43. The van der Waals surface area contributed by atoms with E-state index >= 15 is 0 Å². The lowest BCUT2D eigenvalue weighted by atomic mass is 10.2. The second kappa shape index (κ2) is 4.79. The monoisotopic (exact) mass is 267 g/mol. The molecule has 0 radical (unpaired) electrons. The summed E-state index contributed by atoms with van der Waals surface area (Å²) < 4.78 is 0. The van der Waals surface area contributed by atoms with Gasteiger partial charge in [-0.1, -0.05) is 46.3 Å². The summed E-state index contributed by atoms with van der Waals surface area (Å²) in [5, 5.41) is 0.921. The van der Waals surface area contributed by atoms with Crippen LogP contribution in [0, 0.1) is 5.92 Å². The summed E-state index contributed by atoms with van der Waals surface area (Å²) in [6.07, 6.45) is 0.693. The van der Waals surface area contributed by atoms with E-state index in [1.165, 1.54) is 5.56 Å². The normalized spacial score (nSPS) is 21.0. The highest BCUT2D eigenvalue weighted by molar-refractivity contribution is 9.09. The average Bonchev–Trinajstić information content (AvgIpc) is 2.61. The number of benzene rings is 1. The minimum absolute atomic E-state index is 0.281. The van der Waals surface area contributed by atoms with Crippen molar-refractivity contribution in [3.63, 3.8) is 0 Å². The molecule has 0 spiro atoms. The number of likely N-dealkylation sites (tertiary alicyclic amines) is 1. The van der Waals surface area contributed by atoms with Gasteiger partial charge in [0, 0.05) is 24.8 Å². The van der Waals surface area contributed by atoms with Crippen molar-refractivity contribution < 1.29 is 4.79 Å². The topological polar surface area (TPSA) is 20.3 Å². The zero-order valence-electron chi connectivity index (χ0n) is 8.53. The maximum Gasteiger partial charge on any atom is 0.223 e. The molecule has 1 aliphatic heterocycles. The molecule has 0 aliphatic carbocycles. The smallest absolute Gasteiger partial charge is 0.223 e. The summed E-state index contributed by atoms with van der Waals surface area (Å²) in [5.74, 6) is 0.768. The third-order valence-electron chi connectivity index (χ3n) is 2.73. The highest BCUT2D eigenvalue weighted by Gasteiger charge is 2.28. The molecule has 2 nitrogen and oxygen atoms in total. The van der Waals surface area contributed by atoms with Gasteiger partial charge >= 0.3 is 0 Å². The molecular formula is C12H14BrNO. The molecule has 1 fully saturated rings. The molecule has 1 aromatic rings. The van der Waals surface area contributed by atoms with Crippen molar-refractivity contribution in [1.82, 2.24) is 4.90 Å². The molecule has 1 amide bonds. The van der Waals surface area contributed by atoms with E-state index in [1.54, 1.807) is 0 Å². The number of amides is 1. The molecule has 1 saturated heterocycles. The van der Waals surface area contributed by atoms with Crippen LogP contribution in [0.2, 0.25) is 0 Å². The molecule has 2 rings (SSSR count). The summed E-state index contributed by atoms with van der Waals surface area (Å²) in [6.45, 7) is 1.64. The fraction of sp³-hybridized carbons (Fsp3) is 0.417. The molecule has 0 bridgehead atoms. The largest absolute Gasteiger partial charge is 0.338 e. The first-order valence-electron chi connectivity index (χ1n) is 5.17. The van der Waals surface area contributed by atoms with Gasteiger partial charge in [-0.2, -0.15) is 0 Å². The van der Waals surface area contributed by atoms with E-state index in [4.69, 9.17) is 0 Å². The molecule has 15 heavy (non-hydrogen) atoms. The van der Waals surface area contributed by atoms with Gasteiger partial charge in [0.15, 0.2) is 0 Å². The SMILES string of the molecule is O=C1C[C@H](CBr)CN1Cc1ccccc1. The van der Waals surface area contributed by atoms with Crippen molar-refractivity contribution in [2.75, 3.05) is 11.9 Å². The molecule has 1 heterocycles. The number of halogens is 1. The number of carbonyl (C=O) groups excluding carboxylic acids is 1. The fourth-order valence-electron chi connectivity index (χ4n) is 1.91. The number of carbonyl (C=O) groups is 1. The Morgan fingerprint density at radius 2 is 2.07 bits per heavy atom. The highest BCUT2D eigenvalue weighted by Crippen LogP contribution is 2.21. The van der Waals surface area contributed by atoms with Crippen LogP contribution in [0.5, 0.6) is 0 Å². The lowest BCUT2D eigenvalue weighted by molar-refractivity contribution is -0.128. The van der Waals surface area contributed by atoms with Crippen molar-refractivity contribution in [3.05, 3.63) is 35.9 Å². The van der Waals surface area contributed by atoms with E-state index in [-0.39, 0.29) is 5.91 Å². The van der Waals surface area contributed by atoms with Crippen molar-refractivity contribution >= 4 is 21.8 Å². The van der Waals surface area contributed by atoms with Crippen LogP contribution in [0.4, 0.5) is 0 Å². The maximum atomic E-state index is 11.7. The average molecular weight is 268 g/mol. The number of nitrogens with zero attached hydrogens (tertiary/aromatic N) is 1. The third kappa shape index (κ3) is 2.59. The van der Waals surface area contributed by atoms with Crippen molar-refractivity contribution in [2.45, 2.75) is 13.0 Å². The van der Waals surface area contributed by atoms with Crippen LogP contribution in [0.1, 0.15) is 12.0 Å². The van der Waals surface area contributed by atoms with Gasteiger partial charge in [-0.15, -0.1) is 0 Å². The van der Waals surface area contributed by atoms with Crippen LogP contribution in [0.3, 0.4) is 0 Å². The van der Waals surface area contributed by atoms with E-state index in [2.05, 4.69) is 28.1 Å². The van der Waals surface area contributed by atoms with Crippen LogP contribution >= 0.6 is 15.9 Å². The van der Waals surface area contributed by atoms with Crippen LogP contribution in [-0.4, -0.2) is 22.7 Å². The Labute approximate surface area is 98.4 Å².